The van der Waals surface area contributed by atoms with Crippen molar-refractivity contribution in [1.29, 1.82) is 0 Å². The zero-order chi connectivity index (χ0) is 19.4. The second-order valence-corrected chi connectivity index (χ2v) is 7.79. The second kappa shape index (κ2) is 7.96. The van der Waals surface area contributed by atoms with Gasteiger partial charge in [-0.3, -0.25) is 0 Å². The minimum absolute atomic E-state index is 0.00454. The fraction of sp³-hybridized carbons (Fsp3) is 0.471. The van der Waals surface area contributed by atoms with E-state index < -0.39 is 21.6 Å². The first-order chi connectivity index (χ1) is 12.3. The maximum atomic E-state index is 13.1. The smallest absolute Gasteiger partial charge is 0.349 e. The Labute approximate surface area is 153 Å². The van der Waals surface area contributed by atoms with Crippen LogP contribution in [-0.2, 0) is 19.6 Å². The number of benzene rings is 1. The van der Waals surface area contributed by atoms with E-state index in [0.717, 1.165) is 4.31 Å². The monoisotopic (exact) mass is 385 g/mol. The molecule has 2 rings (SSSR count). The highest BCUT2D eigenvalue weighted by atomic mass is 32.2. The Bertz CT molecular complexity index is 780. The van der Waals surface area contributed by atoms with Crippen LogP contribution in [0, 0.1) is 0 Å². The van der Waals surface area contributed by atoms with E-state index in [1.807, 2.05) is 6.92 Å². The molecule has 0 fully saturated rings. The van der Waals surface area contributed by atoms with Gasteiger partial charge >= 0.3 is 5.97 Å². The lowest BCUT2D eigenvalue weighted by Gasteiger charge is -2.31. The second-order valence-electron chi connectivity index (χ2n) is 5.85. The van der Waals surface area contributed by atoms with Crippen LogP contribution in [0.25, 0.3) is 0 Å². The van der Waals surface area contributed by atoms with Gasteiger partial charge < -0.3 is 19.3 Å². The van der Waals surface area contributed by atoms with Crippen LogP contribution < -0.4 is 9.47 Å². The summed E-state index contributed by atoms with van der Waals surface area (Å²) >= 11 is 0. The van der Waals surface area contributed by atoms with Gasteiger partial charge in [0.15, 0.2) is 11.5 Å². The molecule has 8 nitrogen and oxygen atoms in total. The molecular formula is C17H23NO7S. The summed E-state index contributed by atoms with van der Waals surface area (Å²) in [6.07, 6.45) is 3.49. The van der Waals surface area contributed by atoms with Gasteiger partial charge in [0, 0.05) is 19.0 Å². The number of rotatable bonds is 9. The molecule has 144 valence electrons. The first-order valence-corrected chi connectivity index (χ1v) is 9.53. The Hall–Kier alpha value is -2.26. The molecule has 1 N–H and O–H groups in total. The zero-order valence-electron chi connectivity index (χ0n) is 15.0. The van der Waals surface area contributed by atoms with Crippen LogP contribution in [0.2, 0.25) is 0 Å². The van der Waals surface area contributed by atoms with Crippen molar-refractivity contribution < 1.29 is 32.5 Å². The van der Waals surface area contributed by atoms with Gasteiger partial charge in [0.25, 0.3) is 0 Å². The number of sulfonamides is 1. The summed E-state index contributed by atoms with van der Waals surface area (Å²) in [6.45, 7) is 1.69. The van der Waals surface area contributed by atoms with E-state index in [-0.39, 0.29) is 30.2 Å². The molecule has 1 heterocycles. The highest BCUT2D eigenvalue weighted by Gasteiger charge is 2.45. The number of methoxy groups -OCH3 is 2. The molecule has 9 heteroatoms. The molecule has 0 saturated carbocycles. The van der Waals surface area contributed by atoms with E-state index in [1.165, 1.54) is 38.7 Å². The van der Waals surface area contributed by atoms with Crippen molar-refractivity contribution in [1.82, 2.24) is 4.31 Å². The first kappa shape index (κ1) is 20.1. The summed E-state index contributed by atoms with van der Waals surface area (Å²) in [5, 5.41) is 9.54. The minimum Gasteiger partial charge on any atom is -0.493 e. The fourth-order valence-electron chi connectivity index (χ4n) is 2.72. The van der Waals surface area contributed by atoms with Gasteiger partial charge in [-0.15, -0.1) is 0 Å². The minimum atomic E-state index is -3.95. The Morgan fingerprint density at radius 1 is 1.31 bits per heavy atom. The Morgan fingerprint density at radius 3 is 2.50 bits per heavy atom. The standard InChI is InChI=1S/C17H23NO7S/c1-4-9-18(12-17(16(19)20)8-5-10-25-17)26(21,22)13-6-7-14(23-2)15(11-13)24-3/h5-7,10-11H,4,8-9,12H2,1-3H3,(H,19,20). The van der Waals surface area contributed by atoms with Gasteiger partial charge in [0.1, 0.15) is 0 Å². The molecule has 1 aromatic rings. The quantitative estimate of drug-likeness (QED) is 0.692. The summed E-state index contributed by atoms with van der Waals surface area (Å²) in [6, 6.07) is 4.26. The third-order valence-corrected chi connectivity index (χ3v) is 5.97. The van der Waals surface area contributed by atoms with Crippen molar-refractivity contribution in [2.75, 3.05) is 27.3 Å². The Balaban J connectivity index is 2.40. The summed E-state index contributed by atoms with van der Waals surface area (Å²) in [5.41, 5.74) is -1.61. The summed E-state index contributed by atoms with van der Waals surface area (Å²) in [4.78, 5) is 11.7. The van der Waals surface area contributed by atoms with Gasteiger partial charge in [0.05, 0.1) is 31.9 Å². The summed E-state index contributed by atoms with van der Waals surface area (Å²) < 4.78 is 42.9. The van der Waals surface area contributed by atoms with Gasteiger partial charge in [-0.25, -0.2) is 13.2 Å². The lowest BCUT2D eigenvalue weighted by molar-refractivity contribution is -0.157. The predicted molar refractivity (Wildman–Crippen MR) is 93.8 cm³/mol. The lowest BCUT2D eigenvalue weighted by Crippen LogP contribution is -2.50. The first-order valence-electron chi connectivity index (χ1n) is 8.09. The zero-order valence-corrected chi connectivity index (χ0v) is 15.8. The number of ether oxygens (including phenoxy) is 3. The third kappa shape index (κ3) is 3.78. The highest BCUT2D eigenvalue weighted by Crippen LogP contribution is 2.32. The average molecular weight is 385 g/mol. The van der Waals surface area contributed by atoms with E-state index in [9.17, 15) is 18.3 Å². The molecule has 1 aliphatic heterocycles. The molecule has 26 heavy (non-hydrogen) atoms. The molecule has 1 aromatic carbocycles. The average Bonchev–Trinajstić information content (AvgIpc) is 3.10. The molecular weight excluding hydrogens is 362 g/mol. The van der Waals surface area contributed by atoms with E-state index >= 15 is 0 Å². The van der Waals surface area contributed by atoms with Crippen molar-refractivity contribution in [3.8, 4) is 11.5 Å². The van der Waals surface area contributed by atoms with E-state index in [1.54, 1.807) is 6.08 Å². The molecule has 0 spiro atoms. The van der Waals surface area contributed by atoms with Crippen LogP contribution in [0.4, 0.5) is 0 Å². The van der Waals surface area contributed by atoms with Crippen molar-refractivity contribution in [2.24, 2.45) is 0 Å². The number of hydrogen-bond donors (Lipinski definition) is 1. The number of carboxylic acids is 1. The molecule has 1 atom stereocenters. The van der Waals surface area contributed by atoms with E-state index in [4.69, 9.17) is 14.2 Å². The van der Waals surface area contributed by atoms with Crippen LogP contribution in [0.3, 0.4) is 0 Å². The number of carbonyl (C=O) groups is 1. The fourth-order valence-corrected chi connectivity index (χ4v) is 4.31. The molecule has 0 saturated heterocycles. The molecule has 1 unspecified atom stereocenters. The van der Waals surface area contributed by atoms with Crippen molar-refractivity contribution >= 4 is 16.0 Å². The van der Waals surface area contributed by atoms with Crippen LogP contribution >= 0.6 is 0 Å². The SMILES string of the molecule is CCCN(CC1(C(=O)O)CC=CO1)S(=O)(=O)c1ccc(OC)c(OC)c1. The van der Waals surface area contributed by atoms with Crippen LogP contribution in [0.1, 0.15) is 19.8 Å². The molecule has 0 aromatic heterocycles. The largest absolute Gasteiger partial charge is 0.493 e. The van der Waals surface area contributed by atoms with E-state index in [2.05, 4.69) is 0 Å². The number of aliphatic carboxylic acids is 1. The van der Waals surface area contributed by atoms with Gasteiger partial charge in [-0.1, -0.05) is 6.92 Å². The van der Waals surface area contributed by atoms with Crippen molar-refractivity contribution in [3.05, 3.63) is 30.5 Å². The Morgan fingerprint density at radius 2 is 2.00 bits per heavy atom. The maximum absolute atomic E-state index is 13.1. The van der Waals surface area contributed by atoms with Crippen molar-refractivity contribution in [3.63, 3.8) is 0 Å². The lowest BCUT2D eigenvalue weighted by atomic mass is 10.0. The number of hydrogen-bond acceptors (Lipinski definition) is 6. The molecule has 1 aliphatic rings. The Kier molecular flexibility index (Phi) is 6.14. The van der Waals surface area contributed by atoms with Gasteiger partial charge in [0.2, 0.25) is 15.6 Å². The van der Waals surface area contributed by atoms with Gasteiger partial charge in [-0.2, -0.15) is 4.31 Å². The van der Waals surface area contributed by atoms with Crippen LogP contribution in [0.5, 0.6) is 11.5 Å². The number of nitrogens with zero attached hydrogens (tertiary/aromatic N) is 1. The normalized spacial score (nSPS) is 19.4. The van der Waals surface area contributed by atoms with Crippen LogP contribution in [-0.4, -0.2) is 56.7 Å². The van der Waals surface area contributed by atoms with E-state index in [0.29, 0.717) is 12.2 Å². The maximum Gasteiger partial charge on any atom is 0.349 e. The molecule has 0 bridgehead atoms. The third-order valence-electron chi connectivity index (χ3n) is 4.12. The molecule has 0 aliphatic carbocycles. The summed E-state index contributed by atoms with van der Waals surface area (Å²) in [5.74, 6) is -0.526. The molecule has 0 radical (unpaired) electrons. The van der Waals surface area contributed by atoms with Crippen molar-refractivity contribution in [2.45, 2.75) is 30.3 Å². The number of carboxylic acid groups (broad SMARTS) is 1. The predicted octanol–water partition coefficient (Wildman–Crippen LogP) is 1.86. The highest BCUT2D eigenvalue weighted by molar-refractivity contribution is 7.89. The van der Waals surface area contributed by atoms with Gasteiger partial charge in [-0.05, 0) is 24.6 Å². The summed E-state index contributed by atoms with van der Waals surface area (Å²) in [7, 11) is -1.09. The topological polar surface area (TPSA) is 102 Å². The molecule has 0 amide bonds. The van der Waals surface area contributed by atoms with Crippen LogP contribution in [0.15, 0.2) is 35.4 Å².